The van der Waals surface area contributed by atoms with Crippen LogP contribution in [0.25, 0.3) is 80.3 Å². The molecule has 0 aliphatic rings. The van der Waals surface area contributed by atoms with Crippen molar-refractivity contribution in [3.05, 3.63) is 217 Å². The van der Waals surface area contributed by atoms with E-state index in [1.165, 1.54) is 0 Å². The van der Waals surface area contributed by atoms with Gasteiger partial charge in [0.1, 0.15) is 0 Å². The van der Waals surface area contributed by atoms with Crippen molar-refractivity contribution in [1.29, 1.82) is 0 Å². The van der Waals surface area contributed by atoms with Crippen LogP contribution in [0.4, 0.5) is 0 Å². The summed E-state index contributed by atoms with van der Waals surface area (Å²) < 4.78 is 12.7. The molecule has 0 spiro atoms. The van der Waals surface area contributed by atoms with Gasteiger partial charge in [-0.1, -0.05) is 146 Å². The van der Waals surface area contributed by atoms with Gasteiger partial charge in [-0.3, -0.25) is 0 Å². The second kappa shape index (κ2) is 15.3. The van der Waals surface area contributed by atoms with Gasteiger partial charge in [-0.2, -0.15) is 0 Å². The summed E-state index contributed by atoms with van der Waals surface area (Å²) in [5.74, 6) is 3.26. The normalized spacial score (nSPS) is 11.3. The maximum Gasteiger partial charge on any atom is 0.361 e. The summed E-state index contributed by atoms with van der Waals surface area (Å²) in [6.07, 6.45) is 8.28. The Morgan fingerprint density at radius 1 is 0.250 bits per heavy atom. The van der Waals surface area contributed by atoms with Crippen LogP contribution in [0.15, 0.2) is 203 Å². The topological polar surface area (TPSA) is 22.6 Å². The SMILES string of the molecule is C(=C\c1cc(-c2ccccc2)cc(-c2ccccc2)[o+]1)/c1ccc(-c2ccc(/C=C/c3cc(-c4ccccc4)cc(-c4ccccc4)[o+]3)cc2)cc1. The minimum absolute atomic E-state index is 0.795. The highest BCUT2D eigenvalue weighted by Crippen LogP contribution is 2.31. The van der Waals surface area contributed by atoms with Gasteiger partial charge < -0.3 is 0 Å². The highest BCUT2D eigenvalue weighted by molar-refractivity contribution is 5.78. The lowest BCUT2D eigenvalue weighted by molar-refractivity contribution is 0.556. The van der Waals surface area contributed by atoms with Crippen LogP contribution in [0.2, 0.25) is 0 Å². The number of rotatable bonds is 9. The Balaban J connectivity index is 0.995. The first-order valence-corrected chi connectivity index (χ1v) is 17.5. The fraction of sp³-hybridized carbons (Fsp3) is 0. The van der Waals surface area contributed by atoms with E-state index in [1.807, 2.05) is 60.7 Å². The average molecular weight is 669 g/mol. The van der Waals surface area contributed by atoms with Gasteiger partial charge in [0, 0.05) is 23.3 Å². The molecule has 0 N–H and O–H groups in total. The highest BCUT2D eigenvalue weighted by Gasteiger charge is 2.18. The maximum atomic E-state index is 6.35. The highest BCUT2D eigenvalue weighted by atomic mass is 16.3. The van der Waals surface area contributed by atoms with E-state index in [9.17, 15) is 0 Å². The van der Waals surface area contributed by atoms with E-state index < -0.39 is 0 Å². The van der Waals surface area contributed by atoms with Crippen LogP contribution in [-0.2, 0) is 0 Å². The lowest BCUT2D eigenvalue weighted by atomic mass is 10.0. The molecule has 2 aromatic heterocycles. The van der Waals surface area contributed by atoms with Gasteiger partial charge in [-0.15, -0.1) is 0 Å². The summed E-state index contributed by atoms with van der Waals surface area (Å²) >= 11 is 0. The molecule has 0 saturated heterocycles. The molecule has 8 rings (SSSR count). The third-order valence-corrected chi connectivity index (χ3v) is 8.99. The first-order chi connectivity index (χ1) is 25.7. The summed E-state index contributed by atoms with van der Waals surface area (Å²) in [5.41, 5.74) is 11.1. The van der Waals surface area contributed by atoms with Crippen LogP contribution in [0, 0.1) is 0 Å². The molecule has 0 radical (unpaired) electrons. The molecule has 2 heteroatoms. The molecule has 0 bridgehead atoms. The first kappa shape index (κ1) is 32.3. The molecule has 2 nitrogen and oxygen atoms in total. The molecule has 0 aliphatic heterocycles. The number of hydrogen-bond acceptors (Lipinski definition) is 0. The van der Waals surface area contributed by atoms with Gasteiger partial charge in [0.05, 0.1) is 35.4 Å². The van der Waals surface area contributed by atoms with E-state index in [2.05, 4.69) is 158 Å². The Morgan fingerprint density at radius 3 is 0.904 bits per heavy atom. The molecule has 8 aromatic rings. The quantitative estimate of drug-likeness (QED) is 0.143. The van der Waals surface area contributed by atoms with Crippen LogP contribution in [0.1, 0.15) is 22.6 Å². The van der Waals surface area contributed by atoms with Gasteiger partial charge in [0.15, 0.2) is 0 Å². The van der Waals surface area contributed by atoms with E-state index in [1.54, 1.807) is 0 Å². The lowest BCUT2D eigenvalue weighted by Gasteiger charge is -2.03. The third-order valence-electron chi connectivity index (χ3n) is 8.99. The molecule has 0 saturated carbocycles. The van der Waals surface area contributed by atoms with Gasteiger partial charge in [0.2, 0.25) is 0 Å². The van der Waals surface area contributed by atoms with Gasteiger partial charge >= 0.3 is 23.0 Å². The third kappa shape index (κ3) is 7.78. The Bertz CT molecular complexity index is 2160. The second-order valence-electron chi connectivity index (χ2n) is 12.6. The monoisotopic (exact) mass is 668 g/mol. The lowest BCUT2D eigenvalue weighted by Crippen LogP contribution is -1.85. The molecule has 52 heavy (non-hydrogen) atoms. The van der Waals surface area contributed by atoms with Crippen molar-refractivity contribution in [1.82, 2.24) is 0 Å². The van der Waals surface area contributed by atoms with Crippen LogP contribution < -0.4 is 0 Å². The maximum absolute atomic E-state index is 6.35. The van der Waals surface area contributed by atoms with E-state index in [0.29, 0.717) is 0 Å². The minimum atomic E-state index is 0.795. The molecule has 2 heterocycles. The smallest absolute Gasteiger partial charge is 0.207 e. The number of hydrogen-bond donors (Lipinski definition) is 0. The zero-order chi connectivity index (χ0) is 35.0. The van der Waals surface area contributed by atoms with Gasteiger partial charge in [0.25, 0.3) is 0 Å². The Labute approximate surface area is 305 Å². The van der Waals surface area contributed by atoms with Crippen LogP contribution in [-0.4, -0.2) is 0 Å². The molecular weight excluding hydrogens is 633 g/mol. The van der Waals surface area contributed by atoms with Crippen LogP contribution in [0.3, 0.4) is 0 Å². The molecular formula is C50H36O2+2. The Morgan fingerprint density at radius 2 is 0.558 bits per heavy atom. The summed E-state index contributed by atoms with van der Waals surface area (Å²) in [5, 5.41) is 0. The van der Waals surface area contributed by atoms with Crippen molar-refractivity contribution < 1.29 is 8.83 Å². The zero-order valence-corrected chi connectivity index (χ0v) is 28.6. The van der Waals surface area contributed by atoms with Crippen molar-refractivity contribution in [2.45, 2.75) is 0 Å². The predicted octanol–water partition coefficient (Wildman–Crippen LogP) is 14.1. The van der Waals surface area contributed by atoms with E-state index >= 15 is 0 Å². The van der Waals surface area contributed by atoms with Gasteiger partial charge in [-0.05, 0) is 69.8 Å². The van der Waals surface area contributed by atoms with Crippen LogP contribution in [0.5, 0.6) is 0 Å². The average Bonchev–Trinajstić information content (AvgIpc) is 3.23. The summed E-state index contributed by atoms with van der Waals surface area (Å²) in [6.45, 7) is 0. The molecule has 0 fully saturated rings. The summed E-state index contributed by atoms with van der Waals surface area (Å²) in [4.78, 5) is 0. The van der Waals surface area contributed by atoms with Gasteiger partial charge in [-0.25, -0.2) is 8.83 Å². The molecule has 0 atom stereocenters. The molecule has 0 aliphatic carbocycles. The van der Waals surface area contributed by atoms with Crippen molar-refractivity contribution >= 4 is 24.3 Å². The van der Waals surface area contributed by atoms with Crippen molar-refractivity contribution in [2.75, 3.05) is 0 Å². The van der Waals surface area contributed by atoms with E-state index in [-0.39, 0.29) is 0 Å². The summed E-state index contributed by atoms with van der Waals surface area (Å²) in [7, 11) is 0. The van der Waals surface area contributed by atoms with E-state index in [4.69, 9.17) is 8.83 Å². The molecule has 0 unspecified atom stereocenters. The number of benzene rings is 6. The molecule has 6 aromatic carbocycles. The Hall–Kier alpha value is -6.90. The zero-order valence-electron chi connectivity index (χ0n) is 28.6. The largest absolute Gasteiger partial charge is 0.361 e. The standard InChI is InChI=1S/C50H36O2/c1-5-13-39(14-6-1)45-33-47(51-49(35-45)43-17-9-3-10-18-43)31-25-37-21-27-41(28-22-37)42-29-23-38(24-30-42)26-32-48-34-46(40-15-7-2-8-16-40)36-50(52-48)44-19-11-4-12-20-44/h1-36H/q+2/b31-25+,32-26+. The van der Waals surface area contributed by atoms with Crippen molar-refractivity contribution in [2.24, 2.45) is 0 Å². The predicted molar refractivity (Wildman–Crippen MR) is 218 cm³/mol. The minimum Gasteiger partial charge on any atom is -0.207 e. The van der Waals surface area contributed by atoms with E-state index in [0.717, 1.165) is 78.7 Å². The fourth-order valence-corrected chi connectivity index (χ4v) is 6.22. The summed E-state index contributed by atoms with van der Waals surface area (Å²) in [6, 6.07) is 66.9. The van der Waals surface area contributed by atoms with Crippen molar-refractivity contribution in [3.8, 4) is 56.0 Å². The fourth-order valence-electron chi connectivity index (χ4n) is 6.22. The second-order valence-corrected chi connectivity index (χ2v) is 12.6. The Kier molecular flexibility index (Phi) is 9.53. The van der Waals surface area contributed by atoms with Crippen LogP contribution >= 0.6 is 0 Å². The first-order valence-electron chi connectivity index (χ1n) is 17.5. The van der Waals surface area contributed by atoms with Crippen molar-refractivity contribution in [3.63, 3.8) is 0 Å². The molecule has 0 amide bonds. The molecule has 246 valence electrons.